The maximum absolute atomic E-state index is 12.6. The molecule has 8 heteroatoms. The van der Waals surface area contributed by atoms with Crippen molar-refractivity contribution in [2.24, 2.45) is 0 Å². The van der Waals surface area contributed by atoms with Gasteiger partial charge in [0.05, 0.1) is 0 Å². The molecule has 0 radical (unpaired) electrons. The van der Waals surface area contributed by atoms with Gasteiger partial charge in [-0.2, -0.15) is 0 Å². The highest BCUT2D eigenvalue weighted by Crippen LogP contribution is 2.38. The van der Waals surface area contributed by atoms with Gasteiger partial charge in [-0.15, -0.1) is 0 Å². The minimum Gasteiger partial charge on any atom is -0.311 e. The topological polar surface area (TPSA) is 77.5 Å². The van der Waals surface area contributed by atoms with Crippen LogP contribution in [0.4, 0.5) is 8.78 Å². The number of amides is 1. The Balaban J connectivity index is 0.000000287. The van der Waals surface area contributed by atoms with Gasteiger partial charge in [-0.3, -0.25) is 19.9 Å². The van der Waals surface area contributed by atoms with Crippen molar-refractivity contribution in [3.63, 3.8) is 0 Å². The maximum atomic E-state index is 12.6. The molecule has 4 rings (SSSR count). The number of aromatic nitrogens is 1. The Morgan fingerprint density at radius 1 is 1.23 bits per heavy atom. The molecule has 35 heavy (non-hydrogen) atoms. The summed E-state index contributed by atoms with van der Waals surface area (Å²) in [5.74, 6) is -1.56. The molecule has 0 bridgehead atoms. The van der Waals surface area contributed by atoms with Crippen LogP contribution in [0.2, 0.25) is 0 Å². The Morgan fingerprint density at radius 2 is 1.94 bits per heavy atom. The fourth-order valence-electron chi connectivity index (χ4n) is 5.16. The fraction of sp³-hybridized carbons (Fsp3) is 0.481. The van der Waals surface area contributed by atoms with Gasteiger partial charge in [0.2, 0.25) is 0 Å². The number of fused-ring (bicyclic) bond motifs is 1. The molecule has 0 spiro atoms. The summed E-state index contributed by atoms with van der Waals surface area (Å²) in [6.07, 6.45) is 9.56. The summed E-state index contributed by atoms with van der Waals surface area (Å²) in [6, 6.07) is 5.37. The molecule has 190 valence electrons. The van der Waals surface area contributed by atoms with Gasteiger partial charge in [0, 0.05) is 30.9 Å². The zero-order chi connectivity index (χ0) is 25.4. The first kappa shape index (κ1) is 26.9. The van der Waals surface area contributed by atoms with E-state index in [1.165, 1.54) is 50.9 Å². The van der Waals surface area contributed by atoms with E-state index in [9.17, 15) is 13.6 Å². The third-order valence-electron chi connectivity index (χ3n) is 7.11. The minimum atomic E-state index is -0.587. The normalized spacial score (nSPS) is 17.0. The molecule has 6 nitrogen and oxygen atoms in total. The van der Waals surface area contributed by atoms with Crippen molar-refractivity contribution in [2.75, 3.05) is 26.2 Å². The van der Waals surface area contributed by atoms with E-state index in [0.29, 0.717) is 17.5 Å². The molecule has 2 fully saturated rings. The quantitative estimate of drug-likeness (QED) is 0.392. The van der Waals surface area contributed by atoms with Crippen LogP contribution in [0.25, 0.3) is 5.57 Å². The Morgan fingerprint density at radius 3 is 2.54 bits per heavy atom. The van der Waals surface area contributed by atoms with Gasteiger partial charge in [-0.05, 0) is 93.4 Å². The van der Waals surface area contributed by atoms with E-state index < -0.39 is 17.5 Å². The molecule has 1 aromatic heterocycles. The molecule has 1 amide bonds. The van der Waals surface area contributed by atoms with Crippen LogP contribution in [0.5, 0.6) is 0 Å². The summed E-state index contributed by atoms with van der Waals surface area (Å²) < 4.78 is 24.9. The smallest absolute Gasteiger partial charge is 0.293 e. The van der Waals surface area contributed by atoms with Crippen molar-refractivity contribution in [2.45, 2.75) is 58.4 Å². The van der Waals surface area contributed by atoms with E-state index in [1.54, 1.807) is 17.7 Å². The first-order valence-corrected chi connectivity index (χ1v) is 12.3. The van der Waals surface area contributed by atoms with Gasteiger partial charge in [-0.25, -0.2) is 14.3 Å². The van der Waals surface area contributed by atoms with Gasteiger partial charge in [0.25, 0.3) is 5.91 Å². The van der Waals surface area contributed by atoms with Crippen molar-refractivity contribution in [1.29, 1.82) is 0 Å². The van der Waals surface area contributed by atoms with E-state index >= 15 is 0 Å². The van der Waals surface area contributed by atoms with Crippen LogP contribution in [0, 0.1) is 18.6 Å². The van der Waals surface area contributed by atoms with Crippen molar-refractivity contribution in [3.05, 3.63) is 70.6 Å². The number of hydrogen-bond donors (Lipinski definition) is 3. The highest BCUT2D eigenvalue weighted by atomic mass is 19.1. The zero-order valence-corrected chi connectivity index (χ0v) is 20.8. The summed E-state index contributed by atoms with van der Waals surface area (Å²) in [5, 5.41) is 12.5. The van der Waals surface area contributed by atoms with Crippen LogP contribution >= 0.6 is 0 Å². The van der Waals surface area contributed by atoms with Gasteiger partial charge < -0.3 is 5.32 Å². The van der Waals surface area contributed by atoms with Crippen LogP contribution in [0.1, 0.15) is 66.7 Å². The molecule has 2 aromatic rings. The second kappa shape index (κ2) is 12.3. The van der Waals surface area contributed by atoms with E-state index in [1.807, 2.05) is 20.8 Å². The number of benzene rings is 1. The molecule has 1 aromatic carbocycles. The number of allylic oxidation sites excluding steroid dienone is 1. The minimum absolute atomic E-state index is 0.221. The lowest BCUT2D eigenvalue weighted by Gasteiger charge is -2.32. The van der Waals surface area contributed by atoms with Crippen molar-refractivity contribution < 1.29 is 18.8 Å². The molecule has 3 heterocycles. The fourth-order valence-corrected chi connectivity index (χ4v) is 5.16. The molecule has 0 unspecified atom stereocenters. The molecular formula is C27H36F2N4O2. The number of hydroxylamine groups is 1. The number of pyridine rings is 1. The van der Waals surface area contributed by atoms with E-state index in [4.69, 9.17) is 5.21 Å². The Hall–Kier alpha value is -2.68. The molecule has 3 N–H and O–H groups in total. The Kier molecular flexibility index (Phi) is 9.48. The average molecular weight is 487 g/mol. The maximum Gasteiger partial charge on any atom is 0.293 e. The number of rotatable bonds is 7. The number of halogens is 2. The predicted molar refractivity (Wildman–Crippen MR) is 133 cm³/mol. The highest BCUT2D eigenvalue weighted by molar-refractivity contribution is 5.92. The lowest BCUT2D eigenvalue weighted by Crippen LogP contribution is -2.47. The third kappa shape index (κ3) is 6.51. The zero-order valence-electron chi connectivity index (χ0n) is 20.8. The number of carbonyl (C=O) groups excluding carboxylic acids is 1. The average Bonchev–Trinajstić information content (AvgIpc) is 3.43. The molecule has 2 aliphatic rings. The lowest BCUT2D eigenvalue weighted by atomic mass is 9.93. The number of hydrogen-bond acceptors (Lipinski definition) is 5. The second-order valence-corrected chi connectivity index (χ2v) is 9.25. The van der Waals surface area contributed by atoms with E-state index in [0.717, 1.165) is 35.9 Å². The largest absolute Gasteiger partial charge is 0.311 e. The lowest BCUT2D eigenvalue weighted by molar-refractivity contribution is 0.0700. The summed E-state index contributed by atoms with van der Waals surface area (Å²) in [7, 11) is 0. The first-order chi connectivity index (χ1) is 16.8. The van der Waals surface area contributed by atoms with Crippen LogP contribution in [0.3, 0.4) is 0 Å². The molecule has 2 saturated heterocycles. The summed E-state index contributed by atoms with van der Waals surface area (Å²) in [5.41, 5.74) is 5.94. The van der Waals surface area contributed by atoms with Crippen LogP contribution in [0.15, 0.2) is 36.5 Å². The third-order valence-corrected chi connectivity index (χ3v) is 7.11. The monoisotopic (exact) mass is 486 g/mol. The molecule has 0 aliphatic carbocycles. The molecular weight excluding hydrogens is 450 g/mol. The van der Waals surface area contributed by atoms with Gasteiger partial charge >= 0.3 is 0 Å². The van der Waals surface area contributed by atoms with Crippen LogP contribution in [-0.4, -0.2) is 52.7 Å². The summed E-state index contributed by atoms with van der Waals surface area (Å²) in [6.45, 7) is 10.1. The van der Waals surface area contributed by atoms with Gasteiger partial charge in [0.1, 0.15) is 17.3 Å². The Bertz CT molecular complexity index is 1050. The Labute approximate surface area is 206 Å². The van der Waals surface area contributed by atoms with Crippen molar-refractivity contribution >= 4 is 11.5 Å². The van der Waals surface area contributed by atoms with Gasteiger partial charge in [-0.1, -0.05) is 19.1 Å². The number of nitrogens with one attached hydrogen (secondary N) is 2. The number of nitrogens with zero attached hydrogens (tertiary/aromatic N) is 2. The standard InChI is InChI=1S/C19H28N4O2.C8H8F2/c1-3-15(16-10-17(18(24)22-25)21-11-14(16)2)12-20-13-19-6-4-8-23(19)9-5-7-19;1-2-6-3-4-7(9)5-8(6)10/h3,10-11,20,25H,4-9,12-13H2,1-2H3,(H,22,24);3-5H,2H2,1H3/b15-3-;. The molecule has 0 saturated carbocycles. The van der Waals surface area contributed by atoms with E-state index in [2.05, 4.69) is 21.3 Å². The summed E-state index contributed by atoms with van der Waals surface area (Å²) >= 11 is 0. The number of carbonyl (C=O) groups is 1. The van der Waals surface area contributed by atoms with Crippen LogP contribution in [-0.2, 0) is 6.42 Å². The SMILES string of the molecule is C/C=C(/CNCC12CCCN1CCC2)c1cc(C(=O)NO)ncc1C.CCc1ccc(F)cc1F. The van der Waals surface area contributed by atoms with Crippen molar-refractivity contribution in [1.82, 2.24) is 20.7 Å². The van der Waals surface area contributed by atoms with Crippen molar-refractivity contribution in [3.8, 4) is 0 Å². The first-order valence-electron chi connectivity index (χ1n) is 12.3. The van der Waals surface area contributed by atoms with Crippen LogP contribution < -0.4 is 10.8 Å². The van der Waals surface area contributed by atoms with E-state index in [-0.39, 0.29) is 5.69 Å². The summed E-state index contributed by atoms with van der Waals surface area (Å²) in [4.78, 5) is 18.4. The highest BCUT2D eigenvalue weighted by Gasteiger charge is 2.43. The molecule has 2 aliphatic heterocycles. The number of aryl methyl sites for hydroxylation is 2. The second-order valence-electron chi connectivity index (χ2n) is 9.25. The predicted octanol–water partition coefficient (Wildman–Crippen LogP) is 4.66. The van der Waals surface area contributed by atoms with Gasteiger partial charge in [0.15, 0.2) is 0 Å². The molecule has 0 atom stereocenters.